The molecule has 1 aliphatic carbocycles. The van der Waals surface area contributed by atoms with Crippen molar-refractivity contribution in [1.82, 2.24) is 10.2 Å². The molecule has 0 spiro atoms. The number of thiophene rings is 1. The van der Waals surface area contributed by atoms with E-state index < -0.39 is 28.7 Å². The quantitative estimate of drug-likeness (QED) is 0.236. The fourth-order valence-corrected chi connectivity index (χ4v) is 5.64. The van der Waals surface area contributed by atoms with Crippen LogP contribution in [0.1, 0.15) is 50.9 Å². The molecule has 3 aromatic rings. The third-order valence-corrected chi connectivity index (χ3v) is 8.26. The summed E-state index contributed by atoms with van der Waals surface area (Å²) in [5.74, 6) is -1.78. The van der Waals surface area contributed by atoms with Gasteiger partial charge in [-0.15, -0.1) is 11.3 Å². The normalized spacial score (nSPS) is 15.5. The second-order valence-corrected chi connectivity index (χ2v) is 11.2. The minimum absolute atomic E-state index is 0.130. The molecule has 1 saturated heterocycles. The number of carbonyl (C=O) groups is 4. The molecule has 2 heterocycles. The Bertz CT molecular complexity index is 1500. The van der Waals surface area contributed by atoms with E-state index in [1.165, 1.54) is 41.7 Å². The van der Waals surface area contributed by atoms with Crippen LogP contribution in [0.2, 0.25) is 0 Å². The molecule has 42 heavy (non-hydrogen) atoms. The first kappa shape index (κ1) is 28.7. The maximum absolute atomic E-state index is 13.3. The molecule has 1 unspecified atom stereocenters. The van der Waals surface area contributed by atoms with E-state index in [9.17, 15) is 34.4 Å². The van der Waals surface area contributed by atoms with Crippen molar-refractivity contribution >= 4 is 52.1 Å². The summed E-state index contributed by atoms with van der Waals surface area (Å²) >= 11 is 1.34. The summed E-state index contributed by atoms with van der Waals surface area (Å²) in [6.45, 7) is 2.13. The monoisotopic (exact) mass is 591 g/mol. The van der Waals surface area contributed by atoms with Gasteiger partial charge in [0, 0.05) is 60.2 Å². The molecule has 2 aromatic carbocycles. The number of piperazine rings is 1. The summed E-state index contributed by atoms with van der Waals surface area (Å²) < 4.78 is 0. The fraction of sp³-hybridized carbons (Fsp3) is 0.310. The van der Waals surface area contributed by atoms with E-state index in [0.717, 1.165) is 12.8 Å². The summed E-state index contributed by atoms with van der Waals surface area (Å²) in [5.41, 5.74) is 1.26. The highest BCUT2D eigenvalue weighted by Gasteiger charge is 2.35. The second kappa shape index (κ2) is 12.4. The van der Waals surface area contributed by atoms with Crippen LogP contribution in [0.4, 0.5) is 17.1 Å². The summed E-state index contributed by atoms with van der Waals surface area (Å²) in [7, 11) is 0. The van der Waals surface area contributed by atoms with Gasteiger partial charge in [-0.3, -0.25) is 29.3 Å². The van der Waals surface area contributed by atoms with Crippen molar-refractivity contribution in [2.24, 2.45) is 5.92 Å². The number of amides is 3. The lowest BCUT2D eigenvalue weighted by Crippen LogP contribution is -2.49. The molecule has 0 bridgehead atoms. The molecule has 1 aromatic heterocycles. The van der Waals surface area contributed by atoms with Crippen molar-refractivity contribution in [3.8, 4) is 0 Å². The van der Waals surface area contributed by atoms with Gasteiger partial charge in [0.1, 0.15) is 0 Å². The van der Waals surface area contributed by atoms with Gasteiger partial charge in [-0.05, 0) is 54.6 Å². The molecule has 13 heteroatoms. The van der Waals surface area contributed by atoms with Crippen LogP contribution in [0.25, 0.3) is 0 Å². The van der Waals surface area contributed by atoms with Gasteiger partial charge in [-0.2, -0.15) is 0 Å². The molecule has 2 fully saturated rings. The van der Waals surface area contributed by atoms with Crippen LogP contribution in [-0.2, 0) is 9.59 Å². The van der Waals surface area contributed by atoms with Gasteiger partial charge in [0.25, 0.3) is 17.5 Å². The summed E-state index contributed by atoms with van der Waals surface area (Å²) in [4.78, 5) is 65.5. The molecule has 1 saturated carbocycles. The number of benzene rings is 2. The van der Waals surface area contributed by atoms with Crippen LogP contribution >= 0.6 is 11.3 Å². The first-order valence-corrected chi connectivity index (χ1v) is 14.4. The first-order chi connectivity index (χ1) is 20.2. The number of hydrogen-bond donors (Lipinski definition) is 3. The minimum atomic E-state index is -1.06. The zero-order valence-electron chi connectivity index (χ0n) is 22.5. The Labute approximate surface area is 245 Å². The van der Waals surface area contributed by atoms with Crippen molar-refractivity contribution in [2.45, 2.75) is 25.3 Å². The number of carboxylic acid groups (broad SMARTS) is 1. The Morgan fingerprint density at radius 2 is 1.67 bits per heavy atom. The Balaban J connectivity index is 1.39. The molecule has 3 N–H and O–H groups in total. The predicted octanol–water partition coefficient (Wildman–Crippen LogP) is 3.91. The van der Waals surface area contributed by atoms with Gasteiger partial charge in [0.15, 0.2) is 0 Å². The van der Waals surface area contributed by atoms with Crippen LogP contribution in [0.15, 0.2) is 60.0 Å². The SMILES string of the molecule is O=C(O)CC(NC(=O)c1ccc(N2CCN(C(=O)C3CC3)CC2)c(NC(=O)c2ccc([N+](=O)[O-])cc2)c1)c1cccs1. The molecule has 5 rings (SSSR count). The topological polar surface area (TPSA) is 162 Å². The van der Waals surface area contributed by atoms with Crippen LogP contribution < -0.4 is 15.5 Å². The molecule has 12 nitrogen and oxygen atoms in total. The third-order valence-electron chi connectivity index (χ3n) is 7.28. The van der Waals surface area contributed by atoms with E-state index in [1.54, 1.807) is 29.6 Å². The van der Waals surface area contributed by atoms with E-state index in [4.69, 9.17) is 0 Å². The molecule has 218 valence electrons. The van der Waals surface area contributed by atoms with Crippen molar-refractivity contribution in [3.05, 3.63) is 86.1 Å². The molecular formula is C29H29N5O7S. The van der Waals surface area contributed by atoms with E-state index in [-0.39, 0.29) is 35.1 Å². The summed E-state index contributed by atoms with van der Waals surface area (Å²) in [6.07, 6.45) is 1.57. The average molecular weight is 592 g/mol. The van der Waals surface area contributed by atoms with E-state index in [2.05, 4.69) is 10.6 Å². The van der Waals surface area contributed by atoms with Gasteiger partial charge in [-0.1, -0.05) is 6.07 Å². The van der Waals surface area contributed by atoms with Gasteiger partial charge < -0.3 is 25.5 Å². The number of non-ortho nitro benzene ring substituents is 1. The number of carbonyl (C=O) groups excluding carboxylic acids is 3. The highest BCUT2D eigenvalue weighted by atomic mass is 32.1. The number of carboxylic acids is 1. The zero-order valence-corrected chi connectivity index (χ0v) is 23.3. The number of hydrogen-bond acceptors (Lipinski definition) is 8. The Kier molecular flexibility index (Phi) is 8.48. The van der Waals surface area contributed by atoms with Crippen molar-refractivity contribution in [3.63, 3.8) is 0 Å². The smallest absolute Gasteiger partial charge is 0.305 e. The molecule has 2 aliphatic rings. The minimum Gasteiger partial charge on any atom is -0.481 e. The zero-order chi connectivity index (χ0) is 29.8. The molecule has 1 aliphatic heterocycles. The maximum Gasteiger partial charge on any atom is 0.305 e. The standard InChI is InChI=1S/C29H29N5O7S/c35-26(36)17-23(25-2-1-15-42-25)31-28(38)20-7-10-24(32-11-13-33(14-12-32)29(39)19-3-4-19)22(16-20)30-27(37)18-5-8-21(9-6-18)34(40)41/h1-2,5-10,15-16,19,23H,3-4,11-14,17H2,(H,30,37)(H,31,38)(H,35,36). The highest BCUT2D eigenvalue weighted by molar-refractivity contribution is 7.10. The lowest BCUT2D eigenvalue weighted by molar-refractivity contribution is -0.384. The van der Waals surface area contributed by atoms with Gasteiger partial charge in [0.2, 0.25) is 5.91 Å². The summed E-state index contributed by atoms with van der Waals surface area (Å²) in [6, 6.07) is 12.8. The molecule has 1 atom stereocenters. The van der Waals surface area contributed by atoms with E-state index in [0.29, 0.717) is 42.4 Å². The highest BCUT2D eigenvalue weighted by Crippen LogP contribution is 2.33. The molecule has 3 amide bonds. The number of nitro benzene ring substituents is 1. The fourth-order valence-electron chi connectivity index (χ4n) is 4.87. The first-order valence-electron chi connectivity index (χ1n) is 13.5. The number of anilines is 2. The summed E-state index contributed by atoms with van der Waals surface area (Å²) in [5, 5.41) is 27.8. The number of aliphatic carboxylic acids is 1. The van der Waals surface area contributed by atoms with Crippen LogP contribution in [0.3, 0.4) is 0 Å². The van der Waals surface area contributed by atoms with Crippen molar-refractivity contribution < 1.29 is 29.2 Å². The third kappa shape index (κ3) is 6.74. The maximum atomic E-state index is 13.3. The van der Waals surface area contributed by atoms with Crippen LogP contribution in [-0.4, -0.2) is 64.8 Å². The lowest BCUT2D eigenvalue weighted by atomic mass is 10.1. The van der Waals surface area contributed by atoms with Crippen LogP contribution in [0.5, 0.6) is 0 Å². The lowest BCUT2D eigenvalue weighted by Gasteiger charge is -2.37. The Morgan fingerprint density at radius 1 is 0.976 bits per heavy atom. The van der Waals surface area contributed by atoms with E-state index >= 15 is 0 Å². The van der Waals surface area contributed by atoms with Crippen molar-refractivity contribution in [2.75, 3.05) is 36.4 Å². The molecule has 0 radical (unpaired) electrons. The average Bonchev–Trinajstić information content (AvgIpc) is 3.69. The number of nitro groups is 1. The van der Waals surface area contributed by atoms with E-state index in [1.807, 2.05) is 9.80 Å². The van der Waals surface area contributed by atoms with Gasteiger partial charge in [-0.25, -0.2) is 0 Å². The number of nitrogens with one attached hydrogen (secondary N) is 2. The largest absolute Gasteiger partial charge is 0.481 e. The van der Waals surface area contributed by atoms with Crippen molar-refractivity contribution in [1.29, 1.82) is 0 Å². The second-order valence-electron chi connectivity index (χ2n) is 10.2. The van der Waals surface area contributed by atoms with Crippen LogP contribution in [0, 0.1) is 16.0 Å². The Hall–Kier alpha value is -4.78. The Morgan fingerprint density at radius 3 is 2.26 bits per heavy atom. The number of rotatable bonds is 10. The van der Waals surface area contributed by atoms with Gasteiger partial charge in [0.05, 0.1) is 28.8 Å². The van der Waals surface area contributed by atoms with Gasteiger partial charge >= 0.3 is 5.97 Å². The molecular weight excluding hydrogens is 562 g/mol. The number of nitrogens with zero attached hydrogens (tertiary/aromatic N) is 3. The predicted molar refractivity (Wildman–Crippen MR) is 156 cm³/mol.